The average Bonchev–Trinajstić information content (AvgIpc) is 2.65. The lowest BCUT2D eigenvalue weighted by Gasteiger charge is -2.00. The van der Waals surface area contributed by atoms with Crippen molar-refractivity contribution in [2.75, 3.05) is 0 Å². The van der Waals surface area contributed by atoms with Crippen LogP contribution in [0.4, 0.5) is 0 Å². The molecule has 80 valence electrons. The van der Waals surface area contributed by atoms with E-state index < -0.39 is 0 Å². The van der Waals surface area contributed by atoms with Crippen molar-refractivity contribution >= 4 is 45.0 Å². The Hall–Kier alpha value is -1.38. The Kier molecular flexibility index (Phi) is 2.03. The lowest BCUT2D eigenvalue weighted by Crippen LogP contribution is -1.75. The van der Waals surface area contributed by atoms with E-state index in [4.69, 9.17) is 23.2 Å². The minimum Gasteiger partial charge on any atom is -0.505 e. The van der Waals surface area contributed by atoms with Crippen molar-refractivity contribution < 1.29 is 5.11 Å². The SMILES string of the molecule is Oc1c(Cl)cc2c([nH]c3ccccc32)c1Cl. The lowest BCUT2D eigenvalue weighted by molar-refractivity contribution is 0.476. The normalized spacial score (nSPS) is 11.4. The van der Waals surface area contributed by atoms with E-state index in [9.17, 15) is 5.11 Å². The molecule has 0 atom stereocenters. The first-order chi connectivity index (χ1) is 7.68. The van der Waals surface area contributed by atoms with Crippen LogP contribution >= 0.6 is 23.2 Å². The molecule has 3 aromatic rings. The Morgan fingerprint density at radius 3 is 2.62 bits per heavy atom. The highest BCUT2D eigenvalue weighted by atomic mass is 35.5. The molecule has 16 heavy (non-hydrogen) atoms. The van der Waals surface area contributed by atoms with Crippen LogP contribution < -0.4 is 0 Å². The minimum atomic E-state index is -0.0811. The zero-order valence-electron chi connectivity index (χ0n) is 8.09. The van der Waals surface area contributed by atoms with Crippen LogP contribution in [0.1, 0.15) is 0 Å². The van der Waals surface area contributed by atoms with Gasteiger partial charge in [-0.1, -0.05) is 41.4 Å². The van der Waals surface area contributed by atoms with Gasteiger partial charge in [0, 0.05) is 16.3 Å². The van der Waals surface area contributed by atoms with Gasteiger partial charge in [0.25, 0.3) is 0 Å². The van der Waals surface area contributed by atoms with Gasteiger partial charge in [-0.05, 0) is 12.1 Å². The summed E-state index contributed by atoms with van der Waals surface area (Å²) in [5, 5.41) is 12.1. The highest BCUT2D eigenvalue weighted by molar-refractivity contribution is 6.41. The second-order valence-corrected chi connectivity index (χ2v) is 4.40. The second-order valence-electron chi connectivity index (χ2n) is 3.61. The molecule has 0 amide bonds. The summed E-state index contributed by atoms with van der Waals surface area (Å²) in [6, 6.07) is 9.54. The quantitative estimate of drug-likeness (QED) is 0.613. The van der Waals surface area contributed by atoms with Crippen LogP contribution in [0.2, 0.25) is 10.0 Å². The van der Waals surface area contributed by atoms with Crippen LogP contribution in [0.3, 0.4) is 0 Å². The van der Waals surface area contributed by atoms with E-state index in [0.717, 1.165) is 16.3 Å². The van der Waals surface area contributed by atoms with E-state index in [0.29, 0.717) is 5.52 Å². The number of fused-ring (bicyclic) bond motifs is 3. The summed E-state index contributed by atoms with van der Waals surface area (Å²) in [4.78, 5) is 3.16. The van der Waals surface area contributed by atoms with Gasteiger partial charge in [0.05, 0.1) is 10.5 Å². The molecule has 1 aromatic heterocycles. The molecule has 0 aliphatic heterocycles. The summed E-state index contributed by atoms with van der Waals surface area (Å²) in [5.41, 5.74) is 1.69. The van der Waals surface area contributed by atoms with Crippen LogP contribution in [-0.2, 0) is 0 Å². The summed E-state index contributed by atoms with van der Waals surface area (Å²) in [5.74, 6) is -0.0811. The van der Waals surface area contributed by atoms with Crippen LogP contribution in [0.25, 0.3) is 21.8 Å². The number of para-hydroxylation sites is 1. The summed E-state index contributed by atoms with van der Waals surface area (Å²) >= 11 is 11.9. The number of aromatic nitrogens is 1. The first kappa shape index (κ1) is 9.82. The molecule has 0 unspecified atom stereocenters. The number of hydrogen-bond acceptors (Lipinski definition) is 1. The molecular weight excluding hydrogens is 245 g/mol. The zero-order chi connectivity index (χ0) is 11.3. The maximum absolute atomic E-state index is 9.65. The molecule has 0 aliphatic carbocycles. The highest BCUT2D eigenvalue weighted by Gasteiger charge is 2.13. The summed E-state index contributed by atoms with van der Waals surface area (Å²) < 4.78 is 0. The monoisotopic (exact) mass is 251 g/mol. The Morgan fingerprint density at radius 1 is 1.06 bits per heavy atom. The van der Waals surface area contributed by atoms with Crippen molar-refractivity contribution in [3.8, 4) is 5.75 Å². The standard InChI is InChI=1S/C12H7Cl2NO/c13-8-5-7-6-3-1-2-4-9(6)15-11(7)10(14)12(8)16/h1-5,15-16H. The maximum atomic E-state index is 9.65. The number of hydrogen-bond donors (Lipinski definition) is 2. The van der Waals surface area contributed by atoms with Crippen molar-refractivity contribution in [3.63, 3.8) is 0 Å². The van der Waals surface area contributed by atoms with Crippen LogP contribution in [0.15, 0.2) is 30.3 Å². The van der Waals surface area contributed by atoms with E-state index in [1.165, 1.54) is 0 Å². The summed E-state index contributed by atoms with van der Waals surface area (Å²) in [6.07, 6.45) is 0. The topological polar surface area (TPSA) is 36.0 Å². The Morgan fingerprint density at radius 2 is 1.81 bits per heavy atom. The van der Waals surface area contributed by atoms with Gasteiger partial charge in [0.2, 0.25) is 0 Å². The number of phenolic OH excluding ortho intramolecular Hbond substituents is 1. The largest absolute Gasteiger partial charge is 0.505 e. The van der Waals surface area contributed by atoms with Crippen molar-refractivity contribution in [3.05, 3.63) is 40.4 Å². The molecule has 1 heterocycles. The number of H-pyrrole nitrogens is 1. The molecule has 2 nitrogen and oxygen atoms in total. The van der Waals surface area contributed by atoms with Gasteiger partial charge in [0.15, 0.2) is 5.75 Å². The van der Waals surface area contributed by atoms with Gasteiger partial charge in [-0.25, -0.2) is 0 Å². The van der Waals surface area contributed by atoms with Gasteiger partial charge in [-0.15, -0.1) is 0 Å². The number of phenols is 1. The Bertz CT molecular complexity index is 703. The number of halogens is 2. The molecule has 0 fully saturated rings. The fourth-order valence-electron chi connectivity index (χ4n) is 1.91. The third-order valence-corrected chi connectivity index (χ3v) is 3.33. The van der Waals surface area contributed by atoms with Gasteiger partial charge in [0.1, 0.15) is 5.02 Å². The molecule has 0 saturated carbocycles. The van der Waals surface area contributed by atoms with Gasteiger partial charge in [-0.2, -0.15) is 0 Å². The van der Waals surface area contributed by atoms with Crippen LogP contribution in [-0.4, -0.2) is 10.1 Å². The molecule has 0 bridgehead atoms. The molecule has 0 aliphatic rings. The molecule has 0 radical (unpaired) electrons. The van der Waals surface area contributed by atoms with E-state index in [1.807, 2.05) is 24.3 Å². The van der Waals surface area contributed by atoms with E-state index in [1.54, 1.807) is 6.07 Å². The predicted octanol–water partition coefficient (Wildman–Crippen LogP) is 4.33. The fourth-order valence-corrected chi connectivity index (χ4v) is 2.41. The summed E-state index contributed by atoms with van der Waals surface area (Å²) in [7, 11) is 0. The predicted molar refractivity (Wildman–Crippen MR) is 67.5 cm³/mol. The van der Waals surface area contributed by atoms with Crippen molar-refractivity contribution in [2.24, 2.45) is 0 Å². The molecular formula is C12H7Cl2NO. The Labute approximate surface area is 101 Å². The van der Waals surface area contributed by atoms with Crippen molar-refractivity contribution in [1.29, 1.82) is 0 Å². The molecule has 3 rings (SSSR count). The second kappa shape index (κ2) is 3.30. The molecule has 0 spiro atoms. The van der Waals surface area contributed by atoms with E-state index in [2.05, 4.69) is 4.98 Å². The summed E-state index contributed by atoms with van der Waals surface area (Å²) in [6.45, 7) is 0. The third kappa shape index (κ3) is 1.20. The number of nitrogens with one attached hydrogen (secondary N) is 1. The van der Waals surface area contributed by atoms with E-state index >= 15 is 0 Å². The molecule has 4 heteroatoms. The van der Waals surface area contributed by atoms with Gasteiger partial charge < -0.3 is 10.1 Å². The van der Waals surface area contributed by atoms with Gasteiger partial charge in [-0.3, -0.25) is 0 Å². The number of aromatic hydroxyl groups is 1. The molecule has 2 aromatic carbocycles. The lowest BCUT2D eigenvalue weighted by atomic mass is 10.1. The Balaban J connectivity index is 2.60. The van der Waals surface area contributed by atoms with Crippen LogP contribution in [0.5, 0.6) is 5.75 Å². The number of aromatic amines is 1. The van der Waals surface area contributed by atoms with Crippen LogP contribution in [0, 0.1) is 0 Å². The minimum absolute atomic E-state index is 0.0811. The van der Waals surface area contributed by atoms with E-state index in [-0.39, 0.29) is 15.8 Å². The van der Waals surface area contributed by atoms with Crippen molar-refractivity contribution in [1.82, 2.24) is 4.98 Å². The molecule has 2 N–H and O–H groups in total. The number of benzene rings is 2. The first-order valence-corrected chi connectivity index (χ1v) is 5.51. The smallest absolute Gasteiger partial charge is 0.154 e. The third-order valence-electron chi connectivity index (χ3n) is 2.67. The van der Waals surface area contributed by atoms with Crippen molar-refractivity contribution in [2.45, 2.75) is 0 Å². The van der Waals surface area contributed by atoms with Gasteiger partial charge >= 0.3 is 0 Å². The number of rotatable bonds is 0. The zero-order valence-corrected chi connectivity index (χ0v) is 9.60. The molecule has 0 saturated heterocycles. The maximum Gasteiger partial charge on any atom is 0.154 e. The highest BCUT2D eigenvalue weighted by Crippen LogP contribution is 2.40. The first-order valence-electron chi connectivity index (χ1n) is 4.76. The fraction of sp³-hybridized carbons (Fsp3) is 0. The average molecular weight is 252 g/mol.